The van der Waals surface area contributed by atoms with Crippen molar-refractivity contribution < 1.29 is 4.39 Å². The largest absolute Gasteiger partial charge is 0.358 e. The zero-order valence-electron chi connectivity index (χ0n) is 8.91. The van der Waals surface area contributed by atoms with Crippen LogP contribution in [0.1, 0.15) is 5.56 Å². The maximum atomic E-state index is 13.3. The van der Waals surface area contributed by atoms with Gasteiger partial charge in [0, 0.05) is 12.1 Å². The van der Waals surface area contributed by atoms with Crippen LogP contribution in [0.2, 0.25) is 5.02 Å². The van der Waals surface area contributed by atoms with Crippen molar-refractivity contribution in [2.45, 2.75) is 0 Å². The maximum Gasteiger partial charge on any atom is 0.187 e. The summed E-state index contributed by atoms with van der Waals surface area (Å²) >= 11 is 10.7. The molecule has 1 aromatic rings. The SMILES string of the molecule is C=CCNC(=S)NN=Cc1c(F)cccc1Cl. The fourth-order valence-electron chi connectivity index (χ4n) is 0.994. The summed E-state index contributed by atoms with van der Waals surface area (Å²) in [5, 5.41) is 7.21. The number of nitrogens with zero attached hydrogens (tertiary/aromatic N) is 1. The lowest BCUT2D eigenvalue weighted by atomic mass is 10.2. The highest BCUT2D eigenvalue weighted by Crippen LogP contribution is 2.16. The van der Waals surface area contributed by atoms with Crippen LogP contribution < -0.4 is 10.7 Å². The van der Waals surface area contributed by atoms with Gasteiger partial charge in [-0.15, -0.1) is 6.58 Å². The van der Waals surface area contributed by atoms with Crippen LogP contribution in [0.15, 0.2) is 36.0 Å². The molecule has 0 aliphatic carbocycles. The highest BCUT2D eigenvalue weighted by molar-refractivity contribution is 7.80. The third-order valence-corrected chi connectivity index (χ3v) is 2.33. The van der Waals surface area contributed by atoms with Crippen LogP contribution in [0.5, 0.6) is 0 Å². The van der Waals surface area contributed by atoms with Gasteiger partial charge < -0.3 is 5.32 Å². The van der Waals surface area contributed by atoms with Crippen LogP contribution in [-0.2, 0) is 0 Å². The summed E-state index contributed by atoms with van der Waals surface area (Å²) < 4.78 is 13.3. The van der Waals surface area contributed by atoms with Crippen molar-refractivity contribution in [1.29, 1.82) is 0 Å². The lowest BCUT2D eigenvalue weighted by Crippen LogP contribution is -2.31. The number of hydrogen-bond acceptors (Lipinski definition) is 2. The van der Waals surface area contributed by atoms with Crippen LogP contribution in [0.3, 0.4) is 0 Å². The molecule has 0 atom stereocenters. The minimum Gasteiger partial charge on any atom is -0.358 e. The lowest BCUT2D eigenvalue weighted by Gasteiger charge is -2.03. The van der Waals surface area contributed by atoms with Gasteiger partial charge >= 0.3 is 0 Å². The topological polar surface area (TPSA) is 36.4 Å². The van der Waals surface area contributed by atoms with Crippen LogP contribution in [-0.4, -0.2) is 17.9 Å². The van der Waals surface area contributed by atoms with Crippen LogP contribution in [0.4, 0.5) is 4.39 Å². The Balaban J connectivity index is 2.59. The highest BCUT2D eigenvalue weighted by atomic mass is 35.5. The molecule has 1 aromatic carbocycles. The van der Waals surface area contributed by atoms with Gasteiger partial charge in [0.15, 0.2) is 5.11 Å². The normalized spacial score (nSPS) is 10.2. The molecule has 3 nitrogen and oxygen atoms in total. The Labute approximate surface area is 109 Å². The third-order valence-electron chi connectivity index (χ3n) is 1.77. The second-order valence-electron chi connectivity index (χ2n) is 3.00. The Morgan fingerprint density at radius 1 is 1.59 bits per heavy atom. The van der Waals surface area contributed by atoms with Gasteiger partial charge in [0.05, 0.1) is 11.2 Å². The van der Waals surface area contributed by atoms with E-state index in [1.807, 2.05) is 0 Å². The molecular weight excluding hydrogens is 261 g/mol. The fourth-order valence-corrected chi connectivity index (χ4v) is 1.34. The fraction of sp³-hybridized carbons (Fsp3) is 0.0909. The number of nitrogens with one attached hydrogen (secondary N) is 2. The molecule has 0 amide bonds. The predicted octanol–water partition coefficient (Wildman–Crippen LogP) is 2.46. The monoisotopic (exact) mass is 271 g/mol. The van der Waals surface area contributed by atoms with E-state index in [-0.39, 0.29) is 5.56 Å². The smallest absolute Gasteiger partial charge is 0.187 e. The van der Waals surface area contributed by atoms with Crippen molar-refractivity contribution in [2.24, 2.45) is 5.10 Å². The van der Waals surface area contributed by atoms with E-state index in [0.717, 1.165) is 0 Å². The number of halogens is 2. The molecule has 0 spiro atoms. The summed E-state index contributed by atoms with van der Waals surface area (Å²) in [6.07, 6.45) is 2.94. The van der Waals surface area contributed by atoms with Crippen LogP contribution in [0.25, 0.3) is 0 Å². The Morgan fingerprint density at radius 2 is 2.35 bits per heavy atom. The maximum absolute atomic E-state index is 13.3. The van der Waals surface area contributed by atoms with E-state index in [0.29, 0.717) is 16.7 Å². The number of benzene rings is 1. The molecule has 0 saturated carbocycles. The molecular formula is C11H11ClFN3S. The van der Waals surface area contributed by atoms with Gasteiger partial charge in [0.2, 0.25) is 0 Å². The zero-order chi connectivity index (χ0) is 12.7. The summed E-state index contributed by atoms with van der Waals surface area (Å²) in [5.74, 6) is -0.437. The van der Waals surface area contributed by atoms with Crippen molar-refractivity contribution in [3.05, 3.63) is 47.3 Å². The van der Waals surface area contributed by atoms with E-state index < -0.39 is 5.82 Å². The average Bonchev–Trinajstić information content (AvgIpc) is 2.30. The first kappa shape index (κ1) is 13.6. The molecule has 0 aliphatic heterocycles. The molecule has 0 fully saturated rings. The van der Waals surface area contributed by atoms with Gasteiger partial charge in [-0.25, -0.2) is 4.39 Å². The van der Waals surface area contributed by atoms with Crippen molar-refractivity contribution in [1.82, 2.24) is 10.7 Å². The Morgan fingerprint density at radius 3 is 3.00 bits per heavy atom. The van der Waals surface area contributed by atoms with Crippen molar-refractivity contribution in [3.63, 3.8) is 0 Å². The first-order valence-corrected chi connectivity index (χ1v) is 5.55. The molecule has 90 valence electrons. The molecule has 0 aliphatic rings. The first-order valence-electron chi connectivity index (χ1n) is 4.77. The van der Waals surface area contributed by atoms with E-state index in [1.165, 1.54) is 18.3 Å². The van der Waals surface area contributed by atoms with E-state index >= 15 is 0 Å². The number of hydrogen-bond donors (Lipinski definition) is 2. The van der Waals surface area contributed by atoms with Crippen molar-refractivity contribution in [2.75, 3.05) is 6.54 Å². The Kier molecular flexibility index (Phi) is 5.59. The van der Waals surface area contributed by atoms with Gasteiger partial charge in [-0.1, -0.05) is 23.7 Å². The summed E-state index contributed by atoms with van der Waals surface area (Å²) in [6, 6.07) is 4.42. The second-order valence-corrected chi connectivity index (χ2v) is 3.82. The van der Waals surface area contributed by atoms with E-state index in [9.17, 15) is 4.39 Å². The standard InChI is InChI=1S/C11H11ClFN3S/c1-2-6-14-11(17)16-15-7-8-9(12)4-3-5-10(8)13/h2-5,7H,1,6H2,(H2,14,16,17). The summed E-state index contributed by atoms with van der Waals surface area (Å²) in [6.45, 7) is 4.06. The van der Waals surface area contributed by atoms with E-state index in [1.54, 1.807) is 12.1 Å². The Hall–Kier alpha value is -1.46. The third kappa shape index (κ3) is 4.50. The van der Waals surface area contributed by atoms with Crippen molar-refractivity contribution >= 4 is 35.1 Å². The Bertz CT molecular complexity index is 428. The average molecular weight is 272 g/mol. The van der Waals surface area contributed by atoms with E-state index in [4.69, 9.17) is 23.8 Å². The van der Waals surface area contributed by atoms with Crippen molar-refractivity contribution in [3.8, 4) is 0 Å². The minimum atomic E-state index is -0.437. The molecule has 2 N–H and O–H groups in total. The summed E-state index contributed by atoms with van der Waals surface area (Å²) in [4.78, 5) is 0. The van der Waals surface area contributed by atoms with E-state index in [2.05, 4.69) is 22.4 Å². The van der Waals surface area contributed by atoms with Crippen LogP contribution in [0, 0.1) is 5.82 Å². The van der Waals surface area contributed by atoms with Gasteiger partial charge in [0.1, 0.15) is 5.82 Å². The highest BCUT2D eigenvalue weighted by Gasteiger charge is 2.03. The minimum absolute atomic E-state index is 0.216. The molecule has 0 heterocycles. The van der Waals surface area contributed by atoms with Crippen LogP contribution >= 0.6 is 23.8 Å². The summed E-state index contributed by atoms with van der Waals surface area (Å²) in [7, 11) is 0. The molecule has 17 heavy (non-hydrogen) atoms. The van der Waals surface area contributed by atoms with Gasteiger partial charge in [-0.2, -0.15) is 5.10 Å². The quantitative estimate of drug-likeness (QED) is 0.382. The second kappa shape index (κ2) is 6.98. The molecule has 6 heteroatoms. The molecule has 0 aromatic heterocycles. The molecule has 0 bridgehead atoms. The number of hydrazone groups is 1. The first-order chi connectivity index (χ1) is 8.15. The van der Waals surface area contributed by atoms with Gasteiger partial charge in [0.25, 0.3) is 0 Å². The zero-order valence-corrected chi connectivity index (χ0v) is 10.5. The number of thiocarbonyl (C=S) groups is 1. The predicted molar refractivity (Wildman–Crippen MR) is 72.9 cm³/mol. The van der Waals surface area contributed by atoms with Gasteiger partial charge in [-0.3, -0.25) is 5.43 Å². The summed E-state index contributed by atoms with van der Waals surface area (Å²) in [5.41, 5.74) is 2.75. The molecule has 1 rings (SSSR count). The molecule has 0 unspecified atom stereocenters. The lowest BCUT2D eigenvalue weighted by molar-refractivity contribution is 0.626. The molecule has 0 radical (unpaired) electrons. The molecule has 0 saturated heterocycles. The number of rotatable bonds is 4. The van der Waals surface area contributed by atoms with Gasteiger partial charge in [-0.05, 0) is 24.4 Å².